The maximum atomic E-state index is 13.1. The number of carbonyl (C=O) groups excluding carboxylic acids is 1. The molecule has 0 spiro atoms. The van der Waals surface area contributed by atoms with Crippen molar-refractivity contribution in [3.05, 3.63) is 68.6 Å². The summed E-state index contributed by atoms with van der Waals surface area (Å²) in [6, 6.07) is 8.67. The van der Waals surface area contributed by atoms with E-state index < -0.39 is 18.3 Å². The maximum Gasteiger partial charge on any atom is 0.271 e. The van der Waals surface area contributed by atoms with Crippen LogP contribution in [0.2, 0.25) is 5.02 Å². The molecule has 0 saturated heterocycles. The van der Waals surface area contributed by atoms with Crippen LogP contribution in [-0.4, -0.2) is 57.1 Å². The maximum absolute atomic E-state index is 13.1. The smallest absolute Gasteiger partial charge is 0.271 e. The standard InChI is InChI=1S/C21H21ClN6O4S/c22-13-6-11-4-5-28(18(11)25-8-13)21(32)12-2-1-3-14(7-12)26-20-16(19(31)27-33-20)17(23)24-9-15(30)10-29/h1-3,6-8,15,26,29-30H,4-5,9-10H2,(H2,23,24)(H,27,31). The monoisotopic (exact) mass is 488 g/mol. The van der Waals surface area contributed by atoms with E-state index in [0.29, 0.717) is 40.1 Å². The SMILES string of the molecule is NC(=NCC(O)CO)c1c(Nc2cccc(C(=O)N3CCc4cc(Cl)cnc43)c2)s[nH]c1=O. The molecule has 10 nitrogen and oxygen atoms in total. The van der Waals surface area contributed by atoms with Crippen LogP contribution in [0.5, 0.6) is 0 Å². The number of amides is 1. The van der Waals surface area contributed by atoms with Crippen molar-refractivity contribution in [2.45, 2.75) is 12.5 Å². The lowest BCUT2D eigenvalue weighted by molar-refractivity contribution is 0.0988. The minimum absolute atomic E-state index is 0.0712. The van der Waals surface area contributed by atoms with Crippen molar-refractivity contribution in [1.82, 2.24) is 9.36 Å². The predicted molar refractivity (Wildman–Crippen MR) is 128 cm³/mol. The molecule has 0 bridgehead atoms. The van der Waals surface area contributed by atoms with Gasteiger partial charge in [0.1, 0.15) is 22.2 Å². The number of amidine groups is 1. The largest absolute Gasteiger partial charge is 0.394 e. The summed E-state index contributed by atoms with van der Waals surface area (Å²) in [5, 5.41) is 22.4. The Morgan fingerprint density at radius 2 is 2.24 bits per heavy atom. The first kappa shape index (κ1) is 22.9. The number of nitrogens with zero attached hydrogens (tertiary/aromatic N) is 3. The van der Waals surface area contributed by atoms with E-state index in [4.69, 9.17) is 22.4 Å². The second kappa shape index (κ2) is 9.71. The second-order valence-electron chi connectivity index (χ2n) is 7.35. The molecule has 3 aromatic rings. The van der Waals surface area contributed by atoms with Crippen LogP contribution in [0.3, 0.4) is 0 Å². The number of aliphatic imine (C=N–C) groups is 1. The number of hydrogen-bond donors (Lipinski definition) is 5. The molecule has 1 aromatic carbocycles. The number of hydrogen-bond acceptors (Lipinski definition) is 8. The van der Waals surface area contributed by atoms with Gasteiger partial charge in [0.15, 0.2) is 0 Å². The van der Waals surface area contributed by atoms with Gasteiger partial charge in [-0.05, 0) is 47.8 Å². The van der Waals surface area contributed by atoms with E-state index in [1.165, 1.54) is 6.20 Å². The molecule has 1 unspecified atom stereocenters. The van der Waals surface area contributed by atoms with Gasteiger partial charge in [0.05, 0.1) is 24.3 Å². The lowest BCUT2D eigenvalue weighted by atomic mass is 10.1. The van der Waals surface area contributed by atoms with Gasteiger partial charge in [0.25, 0.3) is 11.5 Å². The third-order valence-electron chi connectivity index (χ3n) is 5.02. The van der Waals surface area contributed by atoms with Crippen LogP contribution in [0, 0.1) is 0 Å². The minimum Gasteiger partial charge on any atom is -0.394 e. The summed E-state index contributed by atoms with van der Waals surface area (Å²) in [5.41, 5.74) is 7.57. The highest BCUT2D eigenvalue weighted by Crippen LogP contribution is 2.30. The number of aliphatic hydroxyl groups is 2. The molecule has 1 aliphatic heterocycles. The zero-order valence-corrected chi connectivity index (χ0v) is 18.9. The molecule has 6 N–H and O–H groups in total. The van der Waals surface area contributed by atoms with E-state index >= 15 is 0 Å². The fourth-order valence-corrected chi connectivity index (χ4v) is 4.36. The Kier molecular flexibility index (Phi) is 6.75. The van der Waals surface area contributed by atoms with Crippen molar-refractivity contribution in [3.8, 4) is 0 Å². The van der Waals surface area contributed by atoms with Gasteiger partial charge >= 0.3 is 0 Å². The molecule has 1 atom stereocenters. The number of H-pyrrole nitrogens is 1. The molecular formula is C21H21ClN6O4S. The summed E-state index contributed by atoms with van der Waals surface area (Å²) in [6.07, 6.45) is 1.13. The molecule has 0 aliphatic carbocycles. The second-order valence-corrected chi connectivity index (χ2v) is 8.60. The zero-order chi connectivity index (χ0) is 23.5. The van der Waals surface area contributed by atoms with Crippen molar-refractivity contribution < 1.29 is 15.0 Å². The summed E-state index contributed by atoms with van der Waals surface area (Å²) >= 11 is 7.04. The summed E-state index contributed by atoms with van der Waals surface area (Å²) in [5.74, 6) is 0.329. The van der Waals surface area contributed by atoms with Crippen LogP contribution in [0.1, 0.15) is 21.5 Å². The number of nitrogens with two attached hydrogens (primary N) is 1. The van der Waals surface area contributed by atoms with Crippen LogP contribution < -0.4 is 21.5 Å². The first-order chi connectivity index (χ1) is 15.9. The number of nitrogens with one attached hydrogen (secondary N) is 2. The average Bonchev–Trinajstić information content (AvgIpc) is 3.39. The van der Waals surface area contributed by atoms with Gasteiger partial charge in [-0.3, -0.25) is 23.9 Å². The van der Waals surface area contributed by atoms with Gasteiger partial charge in [-0.25, -0.2) is 4.98 Å². The van der Waals surface area contributed by atoms with E-state index in [2.05, 4.69) is 19.7 Å². The molecule has 0 saturated carbocycles. The van der Waals surface area contributed by atoms with Crippen LogP contribution in [-0.2, 0) is 6.42 Å². The molecule has 12 heteroatoms. The van der Waals surface area contributed by atoms with E-state index in [1.807, 2.05) is 6.07 Å². The van der Waals surface area contributed by atoms with Gasteiger partial charge in [-0.1, -0.05) is 17.7 Å². The molecule has 1 aliphatic rings. The highest BCUT2D eigenvalue weighted by Gasteiger charge is 2.27. The van der Waals surface area contributed by atoms with Crippen LogP contribution in [0.25, 0.3) is 0 Å². The fourth-order valence-electron chi connectivity index (χ4n) is 3.42. The Bertz CT molecular complexity index is 1270. The molecule has 3 heterocycles. The van der Waals surface area contributed by atoms with Crippen molar-refractivity contribution in [2.75, 3.05) is 29.9 Å². The highest BCUT2D eigenvalue weighted by atomic mass is 35.5. The summed E-state index contributed by atoms with van der Waals surface area (Å²) < 4.78 is 2.59. The number of aromatic amines is 1. The molecule has 0 fully saturated rings. The Labute approximate surface area is 197 Å². The van der Waals surface area contributed by atoms with Crippen molar-refractivity contribution in [3.63, 3.8) is 0 Å². The Balaban J connectivity index is 1.56. The third-order valence-corrected chi connectivity index (χ3v) is 6.03. The first-order valence-corrected chi connectivity index (χ1v) is 11.2. The zero-order valence-electron chi connectivity index (χ0n) is 17.3. The number of aromatic nitrogens is 2. The van der Waals surface area contributed by atoms with Crippen LogP contribution in [0.15, 0.2) is 46.3 Å². The minimum atomic E-state index is -1.07. The number of halogens is 1. The predicted octanol–water partition coefficient (Wildman–Crippen LogP) is 1.49. The number of pyridine rings is 1. The molecule has 1 amide bonds. The van der Waals surface area contributed by atoms with E-state index in [-0.39, 0.29) is 23.9 Å². The number of aliphatic hydroxyl groups excluding tert-OH is 2. The normalized spacial score (nSPS) is 14.3. The quantitative estimate of drug-likeness (QED) is 0.249. The highest BCUT2D eigenvalue weighted by molar-refractivity contribution is 7.10. The molecule has 4 rings (SSSR count). The Hall–Kier alpha value is -3.25. The topological polar surface area (TPSA) is 157 Å². The number of anilines is 3. The van der Waals surface area contributed by atoms with Crippen molar-refractivity contribution in [2.24, 2.45) is 10.7 Å². The van der Waals surface area contributed by atoms with E-state index in [1.54, 1.807) is 29.2 Å². The number of fused-ring (bicyclic) bond motifs is 1. The molecule has 0 radical (unpaired) electrons. The molecule has 2 aromatic heterocycles. The molecule has 33 heavy (non-hydrogen) atoms. The van der Waals surface area contributed by atoms with Crippen molar-refractivity contribution >= 4 is 51.4 Å². The first-order valence-electron chi connectivity index (χ1n) is 10.0. The van der Waals surface area contributed by atoms with Gasteiger partial charge in [-0.2, -0.15) is 0 Å². The van der Waals surface area contributed by atoms with E-state index in [9.17, 15) is 14.7 Å². The molecular weight excluding hydrogens is 468 g/mol. The Morgan fingerprint density at radius 1 is 1.42 bits per heavy atom. The van der Waals surface area contributed by atoms with Gasteiger partial charge < -0.3 is 21.3 Å². The van der Waals surface area contributed by atoms with E-state index in [0.717, 1.165) is 17.1 Å². The van der Waals surface area contributed by atoms with Gasteiger partial charge in [-0.15, -0.1) is 0 Å². The number of rotatable bonds is 7. The average molecular weight is 489 g/mol. The number of benzene rings is 1. The molecule has 172 valence electrons. The fraction of sp³-hybridized carbons (Fsp3) is 0.238. The summed E-state index contributed by atoms with van der Waals surface area (Å²) in [6.45, 7) is -0.0974. The number of carbonyl (C=O) groups is 1. The third kappa shape index (κ3) is 4.91. The lowest BCUT2D eigenvalue weighted by Gasteiger charge is -2.17. The van der Waals surface area contributed by atoms with Crippen LogP contribution >= 0.6 is 23.1 Å². The van der Waals surface area contributed by atoms with Gasteiger partial charge in [0.2, 0.25) is 0 Å². The summed E-state index contributed by atoms with van der Waals surface area (Å²) in [4.78, 5) is 35.3. The Morgan fingerprint density at radius 3 is 3.03 bits per heavy atom. The van der Waals surface area contributed by atoms with Gasteiger partial charge in [0, 0.05) is 24.0 Å². The van der Waals surface area contributed by atoms with Crippen LogP contribution in [0.4, 0.5) is 16.5 Å². The summed E-state index contributed by atoms with van der Waals surface area (Å²) in [7, 11) is 0. The lowest BCUT2D eigenvalue weighted by Crippen LogP contribution is -2.29. The van der Waals surface area contributed by atoms with Crippen molar-refractivity contribution in [1.29, 1.82) is 0 Å².